The third kappa shape index (κ3) is 5.17. The molecule has 0 bridgehead atoms. The summed E-state index contributed by atoms with van der Waals surface area (Å²) in [6.45, 7) is 0.720. The van der Waals surface area contributed by atoms with Crippen LogP contribution in [0.15, 0.2) is 53.7 Å². The van der Waals surface area contributed by atoms with Gasteiger partial charge in [-0.25, -0.2) is 0 Å². The Hall–Kier alpha value is -3.53. The lowest BCUT2D eigenvalue weighted by atomic mass is 10.2. The van der Waals surface area contributed by atoms with Crippen LogP contribution in [0.4, 0.5) is 5.69 Å². The molecule has 176 valence electrons. The average molecular weight is 480 g/mol. The number of carbonyl (C=O) groups excluding carboxylic acids is 2. The molecule has 1 atom stereocenters. The van der Waals surface area contributed by atoms with Crippen molar-refractivity contribution in [2.24, 2.45) is 13.0 Å². The molecule has 1 aliphatic heterocycles. The van der Waals surface area contributed by atoms with Crippen LogP contribution in [0.25, 0.3) is 0 Å². The van der Waals surface area contributed by atoms with Gasteiger partial charge in [-0.3, -0.25) is 9.59 Å². The number of ether oxygens (including phenoxy) is 2. The summed E-state index contributed by atoms with van der Waals surface area (Å²) in [6, 6.07) is 15.0. The predicted molar refractivity (Wildman–Crippen MR) is 127 cm³/mol. The molecule has 9 nitrogen and oxygen atoms in total. The Bertz CT molecular complexity index is 1210. The third-order valence-electron chi connectivity index (χ3n) is 5.63. The van der Waals surface area contributed by atoms with Crippen LogP contribution in [-0.4, -0.2) is 38.9 Å². The normalized spacial score (nSPS) is 16.7. The van der Waals surface area contributed by atoms with Crippen molar-refractivity contribution >= 4 is 29.3 Å². The topological polar surface area (TPSA) is 107 Å². The SMILES string of the molecule is Cn1c(SCC(=O)NCc2cccc(NC(=O)C3CC3)c2)nnc1C1COc2ccccc2O1. The number of nitrogens with one attached hydrogen (secondary N) is 2. The minimum Gasteiger partial charge on any atom is -0.485 e. The maximum Gasteiger partial charge on any atom is 0.230 e. The summed E-state index contributed by atoms with van der Waals surface area (Å²) in [4.78, 5) is 24.3. The number of fused-ring (bicyclic) bond motifs is 1. The van der Waals surface area contributed by atoms with Gasteiger partial charge in [0.1, 0.15) is 6.61 Å². The predicted octanol–water partition coefficient (Wildman–Crippen LogP) is 3.08. The van der Waals surface area contributed by atoms with Crippen LogP contribution in [0.1, 0.15) is 30.3 Å². The largest absolute Gasteiger partial charge is 0.485 e. The molecule has 0 spiro atoms. The van der Waals surface area contributed by atoms with E-state index in [1.807, 2.05) is 60.1 Å². The van der Waals surface area contributed by atoms with Crippen LogP contribution in [0, 0.1) is 5.92 Å². The van der Waals surface area contributed by atoms with Gasteiger partial charge in [-0.15, -0.1) is 10.2 Å². The molecule has 0 radical (unpaired) electrons. The molecule has 2 aliphatic rings. The van der Waals surface area contributed by atoms with Gasteiger partial charge in [0, 0.05) is 25.2 Å². The van der Waals surface area contributed by atoms with E-state index in [2.05, 4.69) is 20.8 Å². The van der Waals surface area contributed by atoms with Crippen LogP contribution in [-0.2, 0) is 23.2 Å². The molecular formula is C24H25N5O4S. The summed E-state index contributed by atoms with van der Waals surface area (Å²) >= 11 is 1.31. The van der Waals surface area contributed by atoms with Gasteiger partial charge in [-0.1, -0.05) is 36.0 Å². The van der Waals surface area contributed by atoms with E-state index in [0.717, 1.165) is 24.1 Å². The van der Waals surface area contributed by atoms with Gasteiger partial charge < -0.3 is 24.7 Å². The van der Waals surface area contributed by atoms with Gasteiger partial charge in [0.2, 0.25) is 11.8 Å². The fourth-order valence-corrected chi connectivity index (χ4v) is 4.36. The maximum absolute atomic E-state index is 12.4. The molecule has 10 heteroatoms. The fourth-order valence-electron chi connectivity index (χ4n) is 3.61. The highest BCUT2D eigenvalue weighted by Crippen LogP contribution is 2.35. The quantitative estimate of drug-likeness (QED) is 0.478. The summed E-state index contributed by atoms with van der Waals surface area (Å²) in [7, 11) is 1.85. The van der Waals surface area contributed by atoms with E-state index in [-0.39, 0.29) is 29.6 Å². The zero-order valence-corrected chi connectivity index (χ0v) is 19.5. The molecule has 5 rings (SSSR count). The first-order valence-electron chi connectivity index (χ1n) is 11.1. The van der Waals surface area contributed by atoms with Crippen molar-refractivity contribution in [3.8, 4) is 11.5 Å². The monoisotopic (exact) mass is 479 g/mol. The highest BCUT2D eigenvalue weighted by Gasteiger charge is 2.29. The van der Waals surface area contributed by atoms with Crippen LogP contribution in [0.3, 0.4) is 0 Å². The van der Waals surface area contributed by atoms with Crippen molar-refractivity contribution < 1.29 is 19.1 Å². The molecule has 0 saturated heterocycles. The summed E-state index contributed by atoms with van der Waals surface area (Å²) in [5.74, 6) is 2.32. The molecule has 1 aromatic heterocycles. The second-order valence-electron chi connectivity index (χ2n) is 8.29. The fraction of sp³-hybridized carbons (Fsp3) is 0.333. The minimum absolute atomic E-state index is 0.0648. The summed E-state index contributed by atoms with van der Waals surface area (Å²) in [5, 5.41) is 14.9. The number of hydrogen-bond acceptors (Lipinski definition) is 7. The first-order chi connectivity index (χ1) is 16.6. The molecular weight excluding hydrogens is 454 g/mol. The summed E-state index contributed by atoms with van der Waals surface area (Å²) in [6.07, 6.45) is 1.55. The van der Waals surface area contributed by atoms with Crippen LogP contribution in [0.2, 0.25) is 0 Å². The smallest absolute Gasteiger partial charge is 0.230 e. The van der Waals surface area contributed by atoms with Crippen molar-refractivity contribution in [3.63, 3.8) is 0 Å². The third-order valence-corrected chi connectivity index (χ3v) is 6.65. The molecule has 1 unspecified atom stereocenters. The van der Waals surface area contributed by atoms with Crippen LogP contribution < -0.4 is 20.1 Å². The van der Waals surface area contributed by atoms with E-state index in [1.165, 1.54) is 11.8 Å². The zero-order valence-electron chi connectivity index (χ0n) is 18.7. The number of amides is 2. The standard InChI is InChI=1S/C24H25N5O4S/c1-29-22(20-13-32-18-7-2-3-8-19(18)33-20)27-28-24(29)34-14-21(30)25-12-15-5-4-6-17(11-15)26-23(31)16-9-10-16/h2-8,11,16,20H,9-10,12-14H2,1H3,(H,25,30)(H,26,31). The van der Waals surface area contributed by atoms with E-state index in [0.29, 0.717) is 35.6 Å². The molecule has 2 heterocycles. The van der Waals surface area contributed by atoms with Gasteiger partial charge in [0.25, 0.3) is 0 Å². The highest BCUT2D eigenvalue weighted by molar-refractivity contribution is 7.99. The van der Waals surface area contributed by atoms with E-state index < -0.39 is 0 Å². The van der Waals surface area contributed by atoms with Gasteiger partial charge in [0.15, 0.2) is 28.6 Å². The number of thioether (sulfide) groups is 1. The van der Waals surface area contributed by atoms with Gasteiger partial charge >= 0.3 is 0 Å². The second kappa shape index (κ2) is 9.76. The Morgan fingerprint density at radius 3 is 2.76 bits per heavy atom. The Balaban J connectivity index is 1.12. The minimum atomic E-state index is -0.372. The van der Waals surface area contributed by atoms with E-state index in [4.69, 9.17) is 9.47 Å². The van der Waals surface area contributed by atoms with Gasteiger partial charge in [-0.05, 0) is 42.7 Å². The Morgan fingerprint density at radius 2 is 1.94 bits per heavy atom. The molecule has 1 aliphatic carbocycles. The number of nitrogens with zero attached hydrogens (tertiary/aromatic N) is 3. The lowest BCUT2D eigenvalue weighted by Gasteiger charge is -2.25. The number of benzene rings is 2. The number of aromatic nitrogens is 3. The first kappa shape index (κ1) is 22.3. The number of para-hydroxylation sites is 2. The maximum atomic E-state index is 12.4. The van der Waals surface area contributed by atoms with Gasteiger partial charge in [-0.2, -0.15) is 0 Å². The Kier molecular flexibility index (Phi) is 6.39. The van der Waals surface area contributed by atoms with Crippen molar-refractivity contribution in [2.45, 2.75) is 30.6 Å². The summed E-state index contributed by atoms with van der Waals surface area (Å²) in [5.41, 5.74) is 1.67. The molecule has 1 saturated carbocycles. The van der Waals surface area contributed by atoms with Crippen LogP contribution in [0.5, 0.6) is 11.5 Å². The van der Waals surface area contributed by atoms with Gasteiger partial charge in [0.05, 0.1) is 5.75 Å². The van der Waals surface area contributed by atoms with E-state index in [1.54, 1.807) is 0 Å². The average Bonchev–Trinajstić information content (AvgIpc) is 3.64. The number of hydrogen-bond donors (Lipinski definition) is 2. The first-order valence-corrected chi connectivity index (χ1v) is 12.1. The van der Waals surface area contributed by atoms with Crippen molar-refractivity contribution in [3.05, 3.63) is 59.9 Å². The molecule has 3 aromatic rings. The van der Waals surface area contributed by atoms with E-state index >= 15 is 0 Å². The molecule has 2 aromatic carbocycles. The van der Waals surface area contributed by atoms with Crippen molar-refractivity contribution in [1.82, 2.24) is 20.1 Å². The lowest BCUT2D eigenvalue weighted by Crippen LogP contribution is -2.25. The molecule has 2 amide bonds. The molecule has 1 fully saturated rings. The number of rotatable bonds is 8. The summed E-state index contributed by atoms with van der Waals surface area (Å²) < 4.78 is 13.6. The van der Waals surface area contributed by atoms with E-state index in [9.17, 15) is 9.59 Å². The van der Waals surface area contributed by atoms with Crippen molar-refractivity contribution in [2.75, 3.05) is 17.7 Å². The Labute approximate surface area is 201 Å². The number of carbonyl (C=O) groups is 2. The second-order valence-corrected chi connectivity index (χ2v) is 9.24. The van der Waals surface area contributed by atoms with Crippen LogP contribution >= 0.6 is 11.8 Å². The lowest BCUT2D eigenvalue weighted by molar-refractivity contribution is -0.119. The molecule has 2 N–H and O–H groups in total. The zero-order chi connectivity index (χ0) is 23.5. The van der Waals surface area contributed by atoms with Crippen molar-refractivity contribution in [1.29, 1.82) is 0 Å². The Morgan fingerprint density at radius 1 is 1.12 bits per heavy atom. The number of anilines is 1. The highest BCUT2D eigenvalue weighted by atomic mass is 32.2. The molecule has 34 heavy (non-hydrogen) atoms.